The second-order valence-electron chi connectivity index (χ2n) is 5.78. The molecular weight excluding hydrogens is 364 g/mol. The molecule has 0 fully saturated rings. The standard InChI is InChI=1S/C17H17F2N3O5/c1-17(16(25)26,11-9-10(18)3-4-12(11)19)20-15(24)13-5-6-14(23)22(21-13)7-8-27-2/h3-6,9H,7-8H2,1-2H3,(H,20,24)(H,25,26). The number of nitrogens with one attached hydrogen (secondary N) is 1. The second kappa shape index (κ2) is 8.04. The fourth-order valence-electron chi connectivity index (χ4n) is 2.32. The highest BCUT2D eigenvalue weighted by atomic mass is 19.1. The number of rotatable bonds is 7. The van der Waals surface area contributed by atoms with Crippen molar-refractivity contribution in [2.45, 2.75) is 19.0 Å². The van der Waals surface area contributed by atoms with Crippen molar-refractivity contribution in [1.29, 1.82) is 0 Å². The van der Waals surface area contributed by atoms with Crippen molar-refractivity contribution in [2.24, 2.45) is 0 Å². The van der Waals surface area contributed by atoms with E-state index in [1.807, 2.05) is 0 Å². The number of halogens is 2. The van der Waals surface area contributed by atoms with E-state index < -0.39 is 40.2 Å². The van der Waals surface area contributed by atoms with Crippen LogP contribution in [0.4, 0.5) is 8.78 Å². The van der Waals surface area contributed by atoms with Crippen molar-refractivity contribution in [3.05, 3.63) is 63.6 Å². The lowest BCUT2D eigenvalue weighted by Crippen LogP contribution is -2.50. The monoisotopic (exact) mass is 381 g/mol. The summed E-state index contributed by atoms with van der Waals surface area (Å²) < 4.78 is 33.4. The molecule has 10 heteroatoms. The molecule has 27 heavy (non-hydrogen) atoms. The van der Waals surface area contributed by atoms with Crippen molar-refractivity contribution in [3.8, 4) is 0 Å². The number of aromatic nitrogens is 2. The molecule has 1 heterocycles. The van der Waals surface area contributed by atoms with Crippen LogP contribution in [0, 0.1) is 11.6 Å². The van der Waals surface area contributed by atoms with Gasteiger partial charge in [-0.15, -0.1) is 0 Å². The van der Waals surface area contributed by atoms with Gasteiger partial charge >= 0.3 is 5.97 Å². The van der Waals surface area contributed by atoms with E-state index in [1.54, 1.807) is 0 Å². The lowest BCUT2D eigenvalue weighted by molar-refractivity contribution is -0.144. The van der Waals surface area contributed by atoms with Crippen LogP contribution in [0.15, 0.2) is 35.1 Å². The third-order valence-corrected chi connectivity index (χ3v) is 3.86. The highest BCUT2D eigenvalue weighted by molar-refractivity contribution is 5.96. The third-order valence-electron chi connectivity index (χ3n) is 3.86. The Morgan fingerprint density at radius 1 is 1.30 bits per heavy atom. The maximum atomic E-state index is 14.1. The summed E-state index contributed by atoms with van der Waals surface area (Å²) in [4.78, 5) is 35.9. The number of ether oxygens (including phenoxy) is 1. The first-order valence-corrected chi connectivity index (χ1v) is 7.77. The van der Waals surface area contributed by atoms with Gasteiger partial charge < -0.3 is 15.2 Å². The van der Waals surface area contributed by atoms with E-state index in [-0.39, 0.29) is 18.8 Å². The summed E-state index contributed by atoms with van der Waals surface area (Å²) in [6, 6.07) is 4.47. The first kappa shape index (κ1) is 20.2. The molecule has 2 aromatic rings. The predicted molar refractivity (Wildman–Crippen MR) is 89.2 cm³/mol. The molecule has 2 rings (SSSR count). The number of carbonyl (C=O) groups excluding carboxylic acids is 1. The van der Waals surface area contributed by atoms with Gasteiger partial charge in [-0.05, 0) is 31.2 Å². The number of aliphatic carboxylic acids is 1. The topological polar surface area (TPSA) is 111 Å². The molecule has 0 saturated carbocycles. The summed E-state index contributed by atoms with van der Waals surface area (Å²) in [5.41, 5.74) is -3.58. The molecule has 1 atom stereocenters. The zero-order valence-electron chi connectivity index (χ0n) is 14.5. The number of amides is 1. The van der Waals surface area contributed by atoms with Gasteiger partial charge in [0, 0.05) is 18.7 Å². The average molecular weight is 381 g/mol. The van der Waals surface area contributed by atoms with Crippen LogP contribution in [0.1, 0.15) is 23.0 Å². The Labute approximate surface area is 152 Å². The molecule has 8 nitrogen and oxygen atoms in total. The SMILES string of the molecule is COCCn1nc(C(=O)NC(C)(C(=O)O)c2cc(F)ccc2F)ccc1=O. The van der Waals surface area contributed by atoms with Gasteiger partial charge in [-0.2, -0.15) is 5.10 Å². The van der Waals surface area contributed by atoms with E-state index in [1.165, 1.54) is 7.11 Å². The Balaban J connectivity index is 2.39. The molecule has 0 bridgehead atoms. The number of carbonyl (C=O) groups is 2. The summed E-state index contributed by atoms with van der Waals surface area (Å²) in [5, 5.41) is 15.5. The van der Waals surface area contributed by atoms with Crippen molar-refractivity contribution in [1.82, 2.24) is 15.1 Å². The molecule has 1 aromatic heterocycles. The van der Waals surface area contributed by atoms with Crippen molar-refractivity contribution < 1.29 is 28.2 Å². The van der Waals surface area contributed by atoms with Crippen LogP contribution in [0.2, 0.25) is 0 Å². The highest BCUT2D eigenvalue weighted by Crippen LogP contribution is 2.25. The smallest absolute Gasteiger partial charge is 0.333 e. The lowest BCUT2D eigenvalue weighted by Gasteiger charge is -2.27. The molecule has 1 aromatic carbocycles. The minimum Gasteiger partial charge on any atom is -0.479 e. The number of methoxy groups -OCH3 is 1. The predicted octanol–water partition coefficient (Wildman–Crippen LogP) is 0.898. The molecule has 1 amide bonds. The van der Waals surface area contributed by atoms with Gasteiger partial charge in [0.1, 0.15) is 17.3 Å². The maximum Gasteiger partial charge on any atom is 0.333 e. The van der Waals surface area contributed by atoms with Crippen LogP contribution < -0.4 is 10.9 Å². The van der Waals surface area contributed by atoms with E-state index in [4.69, 9.17) is 4.74 Å². The van der Waals surface area contributed by atoms with Gasteiger partial charge in [0.25, 0.3) is 11.5 Å². The van der Waals surface area contributed by atoms with E-state index >= 15 is 0 Å². The van der Waals surface area contributed by atoms with Crippen LogP contribution >= 0.6 is 0 Å². The number of carboxylic acid groups (broad SMARTS) is 1. The van der Waals surface area contributed by atoms with Crippen LogP contribution in [-0.2, 0) is 21.6 Å². The molecule has 144 valence electrons. The summed E-state index contributed by atoms with van der Waals surface area (Å²) in [6.45, 7) is 1.26. The Hall–Kier alpha value is -3.14. The first-order chi connectivity index (χ1) is 12.7. The van der Waals surface area contributed by atoms with Crippen molar-refractivity contribution >= 4 is 11.9 Å². The van der Waals surface area contributed by atoms with Gasteiger partial charge in [0.2, 0.25) is 0 Å². The summed E-state index contributed by atoms with van der Waals surface area (Å²) in [5.74, 6) is -4.44. The number of hydrogen-bond donors (Lipinski definition) is 2. The first-order valence-electron chi connectivity index (χ1n) is 7.77. The van der Waals surface area contributed by atoms with Crippen LogP contribution in [0.25, 0.3) is 0 Å². The van der Waals surface area contributed by atoms with Crippen molar-refractivity contribution in [2.75, 3.05) is 13.7 Å². The highest BCUT2D eigenvalue weighted by Gasteiger charge is 2.40. The quantitative estimate of drug-likeness (QED) is 0.737. The van der Waals surface area contributed by atoms with Crippen LogP contribution in [0.5, 0.6) is 0 Å². The third kappa shape index (κ3) is 4.34. The van der Waals surface area contributed by atoms with Crippen molar-refractivity contribution in [3.63, 3.8) is 0 Å². The Bertz CT molecular complexity index is 931. The zero-order valence-corrected chi connectivity index (χ0v) is 14.5. The Morgan fingerprint density at radius 3 is 2.63 bits per heavy atom. The van der Waals surface area contributed by atoms with Gasteiger partial charge in [-0.25, -0.2) is 18.3 Å². The minimum atomic E-state index is -2.27. The van der Waals surface area contributed by atoms with E-state index in [0.717, 1.165) is 35.9 Å². The molecule has 1 unspecified atom stereocenters. The largest absolute Gasteiger partial charge is 0.479 e. The minimum absolute atomic E-state index is 0.0746. The summed E-state index contributed by atoms with van der Waals surface area (Å²) in [6.07, 6.45) is 0. The van der Waals surface area contributed by atoms with E-state index in [9.17, 15) is 28.3 Å². The van der Waals surface area contributed by atoms with Crippen LogP contribution in [0.3, 0.4) is 0 Å². The van der Waals surface area contributed by atoms with E-state index in [0.29, 0.717) is 6.07 Å². The van der Waals surface area contributed by atoms with Gasteiger partial charge in [0.15, 0.2) is 5.54 Å². The van der Waals surface area contributed by atoms with Gasteiger partial charge in [-0.1, -0.05) is 0 Å². The molecular formula is C17H17F2N3O5. The molecule has 0 aliphatic heterocycles. The normalized spacial score (nSPS) is 13.0. The Morgan fingerprint density at radius 2 is 2.00 bits per heavy atom. The maximum absolute atomic E-state index is 14.1. The Kier molecular flexibility index (Phi) is 6.01. The molecule has 2 N–H and O–H groups in total. The average Bonchev–Trinajstić information content (AvgIpc) is 2.62. The molecule has 0 saturated heterocycles. The van der Waals surface area contributed by atoms with Gasteiger partial charge in [-0.3, -0.25) is 9.59 Å². The lowest BCUT2D eigenvalue weighted by atomic mass is 9.91. The number of nitrogens with zero attached hydrogens (tertiary/aromatic N) is 2. The fourth-order valence-corrected chi connectivity index (χ4v) is 2.32. The number of benzene rings is 1. The van der Waals surface area contributed by atoms with Gasteiger partial charge in [0.05, 0.1) is 13.2 Å². The molecule has 0 spiro atoms. The molecule has 0 radical (unpaired) electrons. The number of hydrogen-bond acceptors (Lipinski definition) is 5. The fraction of sp³-hybridized carbons (Fsp3) is 0.294. The zero-order chi connectivity index (χ0) is 20.2. The number of carboxylic acids is 1. The second-order valence-corrected chi connectivity index (χ2v) is 5.78. The van der Waals surface area contributed by atoms with Crippen LogP contribution in [-0.4, -0.2) is 40.5 Å². The molecule has 0 aliphatic rings. The van der Waals surface area contributed by atoms with E-state index in [2.05, 4.69) is 10.4 Å². The summed E-state index contributed by atoms with van der Waals surface area (Å²) >= 11 is 0. The summed E-state index contributed by atoms with van der Waals surface area (Å²) in [7, 11) is 1.42. The molecule has 0 aliphatic carbocycles.